The Bertz CT molecular complexity index is 619. The van der Waals surface area contributed by atoms with Crippen LogP contribution in [0.5, 0.6) is 17.2 Å². The molecule has 5 heteroatoms. The molecule has 0 N–H and O–H groups in total. The zero-order chi connectivity index (χ0) is 17.6. The van der Waals surface area contributed by atoms with E-state index in [0.717, 1.165) is 37.1 Å². The lowest BCUT2D eigenvalue weighted by atomic mass is 10.1. The molecule has 2 aromatic carbocycles. The fourth-order valence-electron chi connectivity index (χ4n) is 2.30. The normalized spacial score (nSPS) is 12.7. The Kier molecular flexibility index (Phi) is 6.12. The van der Waals surface area contributed by atoms with Gasteiger partial charge in [0.2, 0.25) is 0 Å². The van der Waals surface area contributed by atoms with E-state index in [4.69, 9.17) is 9.47 Å². The van der Waals surface area contributed by atoms with E-state index in [9.17, 15) is 13.2 Å². The Morgan fingerprint density at radius 1 is 0.833 bits per heavy atom. The second kappa shape index (κ2) is 8.08. The molecule has 24 heavy (non-hydrogen) atoms. The van der Waals surface area contributed by atoms with Gasteiger partial charge in [-0.05, 0) is 61.4 Å². The highest BCUT2D eigenvalue weighted by molar-refractivity contribution is 5.36. The highest BCUT2D eigenvalue weighted by Crippen LogP contribution is 2.31. The molecule has 0 aromatic heterocycles. The number of halogens is 3. The van der Waals surface area contributed by atoms with Crippen LogP contribution in [0.25, 0.3) is 0 Å². The van der Waals surface area contributed by atoms with E-state index in [2.05, 4.69) is 13.8 Å². The molecule has 0 amide bonds. The van der Waals surface area contributed by atoms with Crippen molar-refractivity contribution in [3.8, 4) is 17.2 Å². The molecule has 0 saturated heterocycles. The van der Waals surface area contributed by atoms with Crippen LogP contribution in [0, 0.1) is 0 Å². The third kappa shape index (κ3) is 5.18. The van der Waals surface area contributed by atoms with Gasteiger partial charge in [-0.1, -0.05) is 20.3 Å². The van der Waals surface area contributed by atoms with Crippen molar-refractivity contribution >= 4 is 0 Å². The van der Waals surface area contributed by atoms with Crippen molar-refractivity contribution in [2.75, 3.05) is 0 Å². The van der Waals surface area contributed by atoms with Gasteiger partial charge < -0.3 is 9.47 Å². The Balaban J connectivity index is 1.98. The van der Waals surface area contributed by atoms with E-state index < -0.39 is 11.7 Å². The van der Waals surface area contributed by atoms with Gasteiger partial charge >= 0.3 is 6.18 Å². The average Bonchev–Trinajstić information content (AvgIpc) is 2.56. The molecule has 2 aromatic rings. The topological polar surface area (TPSA) is 18.5 Å². The maximum absolute atomic E-state index is 12.5. The molecule has 0 aliphatic rings. The van der Waals surface area contributed by atoms with Crippen molar-refractivity contribution in [2.24, 2.45) is 0 Å². The van der Waals surface area contributed by atoms with Crippen LogP contribution in [-0.4, -0.2) is 6.10 Å². The number of hydrogen-bond acceptors (Lipinski definition) is 2. The lowest BCUT2D eigenvalue weighted by molar-refractivity contribution is -0.137. The highest BCUT2D eigenvalue weighted by Gasteiger charge is 2.30. The first-order chi connectivity index (χ1) is 11.4. The second-order valence-corrected chi connectivity index (χ2v) is 5.53. The molecular weight excluding hydrogens is 317 g/mol. The molecule has 1 unspecified atom stereocenters. The van der Waals surface area contributed by atoms with E-state index in [1.807, 2.05) is 0 Å². The second-order valence-electron chi connectivity index (χ2n) is 5.53. The third-order valence-corrected chi connectivity index (χ3v) is 3.61. The molecule has 1 atom stereocenters. The zero-order valence-electron chi connectivity index (χ0n) is 13.8. The van der Waals surface area contributed by atoms with Crippen LogP contribution >= 0.6 is 0 Å². The first kappa shape index (κ1) is 18.2. The molecule has 0 radical (unpaired) electrons. The minimum Gasteiger partial charge on any atom is -0.490 e. The summed E-state index contributed by atoms with van der Waals surface area (Å²) in [5.74, 6) is 1.66. The molecule has 0 heterocycles. The van der Waals surface area contributed by atoms with E-state index in [-0.39, 0.29) is 6.10 Å². The Morgan fingerprint density at radius 2 is 1.33 bits per heavy atom. The molecule has 2 rings (SSSR count). The molecule has 0 fully saturated rings. The summed E-state index contributed by atoms with van der Waals surface area (Å²) >= 11 is 0. The minimum absolute atomic E-state index is 0.191. The predicted molar refractivity (Wildman–Crippen MR) is 87.6 cm³/mol. The van der Waals surface area contributed by atoms with Gasteiger partial charge in [0.15, 0.2) is 0 Å². The smallest absolute Gasteiger partial charge is 0.416 e. The number of alkyl halides is 3. The van der Waals surface area contributed by atoms with E-state index in [0.29, 0.717) is 11.5 Å². The van der Waals surface area contributed by atoms with Gasteiger partial charge in [0.05, 0.1) is 11.7 Å². The molecule has 0 bridgehead atoms. The summed E-state index contributed by atoms with van der Waals surface area (Å²) in [6.45, 7) is 4.20. The van der Waals surface area contributed by atoms with Gasteiger partial charge in [0.1, 0.15) is 17.2 Å². The van der Waals surface area contributed by atoms with Gasteiger partial charge in [0.25, 0.3) is 0 Å². The van der Waals surface area contributed by atoms with Crippen LogP contribution in [-0.2, 0) is 6.18 Å². The van der Waals surface area contributed by atoms with Gasteiger partial charge in [-0.2, -0.15) is 13.2 Å². The van der Waals surface area contributed by atoms with Crippen LogP contribution in [0.1, 0.15) is 38.7 Å². The van der Waals surface area contributed by atoms with Crippen molar-refractivity contribution in [2.45, 2.75) is 45.4 Å². The largest absolute Gasteiger partial charge is 0.490 e. The third-order valence-electron chi connectivity index (χ3n) is 3.61. The summed E-state index contributed by atoms with van der Waals surface area (Å²) < 4.78 is 49.0. The van der Waals surface area contributed by atoms with Crippen molar-refractivity contribution in [3.63, 3.8) is 0 Å². The fraction of sp³-hybridized carbons (Fsp3) is 0.368. The summed E-state index contributed by atoms with van der Waals surface area (Å²) in [7, 11) is 0. The van der Waals surface area contributed by atoms with Crippen molar-refractivity contribution in [1.29, 1.82) is 0 Å². The van der Waals surface area contributed by atoms with Crippen molar-refractivity contribution < 1.29 is 22.6 Å². The predicted octanol–water partition coefficient (Wildman–Crippen LogP) is 6.46. The first-order valence-electron chi connectivity index (χ1n) is 8.04. The van der Waals surface area contributed by atoms with E-state index in [1.165, 1.54) is 12.1 Å². The van der Waals surface area contributed by atoms with Crippen LogP contribution in [0.2, 0.25) is 0 Å². The summed E-state index contributed by atoms with van der Waals surface area (Å²) in [6.07, 6.45) is -1.14. The Morgan fingerprint density at radius 3 is 1.79 bits per heavy atom. The summed E-state index contributed by atoms with van der Waals surface area (Å²) in [5, 5.41) is 0. The summed E-state index contributed by atoms with van der Waals surface area (Å²) in [6, 6.07) is 11.7. The zero-order valence-corrected chi connectivity index (χ0v) is 13.8. The van der Waals surface area contributed by atoms with Crippen LogP contribution in [0.3, 0.4) is 0 Å². The van der Waals surface area contributed by atoms with Gasteiger partial charge in [0, 0.05) is 0 Å². The van der Waals surface area contributed by atoms with Gasteiger partial charge in [-0.25, -0.2) is 0 Å². The minimum atomic E-state index is -4.34. The van der Waals surface area contributed by atoms with Crippen molar-refractivity contribution in [3.05, 3.63) is 54.1 Å². The van der Waals surface area contributed by atoms with Crippen molar-refractivity contribution in [1.82, 2.24) is 0 Å². The Hall–Kier alpha value is -2.17. The maximum atomic E-state index is 12.5. The highest BCUT2D eigenvalue weighted by atomic mass is 19.4. The lowest BCUT2D eigenvalue weighted by Gasteiger charge is -2.17. The standard InChI is InChI=1S/C19H21F3O2/c1-3-5-15(4-2)23-17-10-12-18(13-11-17)24-16-8-6-14(7-9-16)19(20,21)22/h6-13,15H,3-5H2,1-2H3. The van der Waals surface area contributed by atoms with E-state index in [1.54, 1.807) is 24.3 Å². The number of ether oxygens (including phenoxy) is 2. The maximum Gasteiger partial charge on any atom is 0.416 e. The molecule has 0 aliphatic carbocycles. The van der Waals surface area contributed by atoms with E-state index >= 15 is 0 Å². The quantitative estimate of drug-likeness (QED) is 0.577. The van der Waals surface area contributed by atoms with Gasteiger partial charge in [-0.3, -0.25) is 0 Å². The average molecular weight is 338 g/mol. The summed E-state index contributed by atoms with van der Waals surface area (Å²) in [5.41, 5.74) is -0.694. The molecule has 2 nitrogen and oxygen atoms in total. The van der Waals surface area contributed by atoms with Crippen LogP contribution in [0.15, 0.2) is 48.5 Å². The number of benzene rings is 2. The monoisotopic (exact) mass is 338 g/mol. The molecule has 130 valence electrons. The molecule has 0 aliphatic heterocycles. The van der Waals surface area contributed by atoms with Gasteiger partial charge in [-0.15, -0.1) is 0 Å². The number of rotatable bonds is 7. The van der Waals surface area contributed by atoms with Crippen LogP contribution < -0.4 is 9.47 Å². The Labute approximate surface area is 140 Å². The number of hydrogen-bond donors (Lipinski definition) is 0. The molecule has 0 saturated carbocycles. The first-order valence-corrected chi connectivity index (χ1v) is 8.04. The SMILES string of the molecule is CCCC(CC)Oc1ccc(Oc2ccc(C(F)(F)F)cc2)cc1. The lowest BCUT2D eigenvalue weighted by Crippen LogP contribution is -2.14. The molecular formula is C19H21F3O2. The molecule has 0 spiro atoms. The summed E-state index contributed by atoms with van der Waals surface area (Å²) in [4.78, 5) is 0. The van der Waals surface area contributed by atoms with Crippen LogP contribution in [0.4, 0.5) is 13.2 Å². The fourth-order valence-corrected chi connectivity index (χ4v) is 2.30.